The molecule has 0 aliphatic rings. The molecule has 0 atom stereocenters. The van der Waals surface area contributed by atoms with Crippen molar-refractivity contribution in [1.29, 1.82) is 0 Å². The van der Waals surface area contributed by atoms with Gasteiger partial charge in [0.1, 0.15) is 0 Å². The predicted octanol–water partition coefficient (Wildman–Crippen LogP) is 2.99. The van der Waals surface area contributed by atoms with Crippen LogP contribution in [0.5, 0.6) is 0 Å². The lowest BCUT2D eigenvalue weighted by atomic mass is 10.2. The van der Waals surface area contributed by atoms with Crippen LogP contribution in [-0.4, -0.2) is 11.0 Å². The Morgan fingerprint density at radius 1 is 1.25 bits per heavy atom. The second kappa shape index (κ2) is 5.05. The topological polar surface area (TPSA) is 58.6 Å². The molecule has 2 aromatic rings. The molecule has 0 radical (unpaired) electrons. The highest BCUT2D eigenvalue weighted by molar-refractivity contribution is 8.01. The molecule has 0 saturated heterocycles. The number of amidine groups is 1. The van der Waals surface area contributed by atoms with Crippen LogP contribution < -0.4 is 5.73 Å². The third-order valence-electron chi connectivity index (χ3n) is 1.97. The summed E-state index contributed by atoms with van der Waals surface area (Å²) in [5.74, 6) is 0.132. The number of benzene rings is 1. The van der Waals surface area contributed by atoms with Crippen LogP contribution >= 0.6 is 23.1 Å². The van der Waals surface area contributed by atoms with Crippen LogP contribution in [0.4, 0.5) is 0 Å². The molecule has 1 heterocycles. The van der Waals surface area contributed by atoms with Gasteiger partial charge in [-0.1, -0.05) is 35.1 Å². The lowest BCUT2D eigenvalue weighted by molar-refractivity contribution is 0.318. The Balaban J connectivity index is 2.14. The molecular formula is C11H10N2OS2. The van der Waals surface area contributed by atoms with Crippen molar-refractivity contribution >= 4 is 28.9 Å². The molecule has 0 unspecified atom stereocenters. The van der Waals surface area contributed by atoms with Crippen molar-refractivity contribution < 1.29 is 5.21 Å². The Morgan fingerprint density at radius 3 is 2.56 bits per heavy atom. The van der Waals surface area contributed by atoms with E-state index >= 15 is 0 Å². The van der Waals surface area contributed by atoms with Gasteiger partial charge >= 0.3 is 0 Å². The first-order valence-corrected chi connectivity index (χ1v) is 6.28. The summed E-state index contributed by atoms with van der Waals surface area (Å²) in [6.45, 7) is 0. The summed E-state index contributed by atoms with van der Waals surface area (Å²) in [5.41, 5.74) is 6.20. The first kappa shape index (κ1) is 11.0. The summed E-state index contributed by atoms with van der Waals surface area (Å²) >= 11 is 3.40. The standard InChI is InChI=1S/C11H10N2OS2/c12-11(13-14)8-3-5-9(6-4-8)16-10-2-1-7-15-10/h1-7,14H,(H2,12,13). The molecule has 3 nitrogen and oxygen atoms in total. The molecule has 0 aliphatic heterocycles. The molecule has 0 aliphatic carbocycles. The Bertz CT molecular complexity index is 477. The third kappa shape index (κ3) is 2.56. The number of hydrogen-bond donors (Lipinski definition) is 2. The minimum absolute atomic E-state index is 0.132. The van der Waals surface area contributed by atoms with Crippen molar-refractivity contribution in [3.63, 3.8) is 0 Å². The number of hydrogen-bond acceptors (Lipinski definition) is 4. The molecule has 2 rings (SSSR count). The molecular weight excluding hydrogens is 240 g/mol. The van der Waals surface area contributed by atoms with Crippen LogP contribution in [0, 0.1) is 0 Å². The van der Waals surface area contributed by atoms with E-state index in [1.807, 2.05) is 35.7 Å². The zero-order valence-corrected chi connectivity index (χ0v) is 9.96. The van der Waals surface area contributed by atoms with Gasteiger partial charge in [0.25, 0.3) is 0 Å². The van der Waals surface area contributed by atoms with Gasteiger partial charge in [0, 0.05) is 10.5 Å². The number of oxime groups is 1. The van der Waals surface area contributed by atoms with E-state index in [1.165, 1.54) is 4.21 Å². The molecule has 16 heavy (non-hydrogen) atoms. The fraction of sp³-hybridized carbons (Fsp3) is 0. The van der Waals surface area contributed by atoms with Crippen LogP contribution in [-0.2, 0) is 0 Å². The number of thiophene rings is 1. The maximum Gasteiger partial charge on any atom is 0.170 e. The average Bonchev–Trinajstić information content (AvgIpc) is 2.82. The Morgan fingerprint density at radius 2 is 2.00 bits per heavy atom. The molecule has 5 heteroatoms. The molecule has 1 aromatic heterocycles. The maximum absolute atomic E-state index is 8.52. The molecule has 0 saturated carbocycles. The summed E-state index contributed by atoms with van der Waals surface area (Å²) in [6, 6.07) is 11.7. The summed E-state index contributed by atoms with van der Waals surface area (Å²) in [4.78, 5) is 1.14. The number of rotatable bonds is 3. The summed E-state index contributed by atoms with van der Waals surface area (Å²) in [6.07, 6.45) is 0. The molecule has 82 valence electrons. The van der Waals surface area contributed by atoms with E-state index in [2.05, 4.69) is 11.2 Å². The van der Waals surface area contributed by atoms with Gasteiger partial charge in [0.05, 0.1) is 4.21 Å². The predicted molar refractivity (Wildman–Crippen MR) is 67.4 cm³/mol. The highest BCUT2D eigenvalue weighted by Gasteiger charge is 2.01. The number of nitrogens with zero attached hydrogens (tertiary/aromatic N) is 1. The van der Waals surface area contributed by atoms with Crippen molar-refractivity contribution in [1.82, 2.24) is 0 Å². The number of nitrogens with two attached hydrogens (primary N) is 1. The highest BCUT2D eigenvalue weighted by Crippen LogP contribution is 2.31. The Labute approximate surface area is 102 Å². The summed E-state index contributed by atoms with van der Waals surface area (Å²) in [7, 11) is 0. The van der Waals surface area contributed by atoms with Crippen LogP contribution in [0.2, 0.25) is 0 Å². The average molecular weight is 250 g/mol. The first-order chi connectivity index (χ1) is 7.79. The van der Waals surface area contributed by atoms with Crippen LogP contribution in [0.25, 0.3) is 0 Å². The van der Waals surface area contributed by atoms with Crippen LogP contribution in [0.1, 0.15) is 5.56 Å². The minimum Gasteiger partial charge on any atom is -0.409 e. The summed E-state index contributed by atoms with van der Waals surface area (Å²) in [5, 5.41) is 13.5. The van der Waals surface area contributed by atoms with E-state index in [9.17, 15) is 0 Å². The molecule has 3 N–H and O–H groups in total. The van der Waals surface area contributed by atoms with Crippen molar-refractivity contribution in [3.05, 3.63) is 47.3 Å². The lowest BCUT2D eigenvalue weighted by Crippen LogP contribution is -2.12. The van der Waals surface area contributed by atoms with Gasteiger partial charge in [0.2, 0.25) is 0 Å². The fourth-order valence-corrected chi connectivity index (χ4v) is 2.94. The van der Waals surface area contributed by atoms with Crippen molar-refractivity contribution in [2.24, 2.45) is 10.9 Å². The zero-order valence-electron chi connectivity index (χ0n) is 8.33. The van der Waals surface area contributed by atoms with Crippen LogP contribution in [0.3, 0.4) is 0 Å². The molecule has 1 aromatic carbocycles. The monoisotopic (exact) mass is 250 g/mol. The van der Waals surface area contributed by atoms with E-state index < -0.39 is 0 Å². The minimum atomic E-state index is 0.132. The third-order valence-corrected chi connectivity index (χ3v) is 4.02. The van der Waals surface area contributed by atoms with Crippen molar-refractivity contribution in [2.45, 2.75) is 9.10 Å². The Hall–Kier alpha value is -1.46. The van der Waals surface area contributed by atoms with Crippen LogP contribution in [0.15, 0.2) is 56.0 Å². The van der Waals surface area contributed by atoms with Gasteiger partial charge in [-0.2, -0.15) is 0 Å². The first-order valence-electron chi connectivity index (χ1n) is 4.59. The second-order valence-corrected chi connectivity index (χ2v) is 5.37. The van der Waals surface area contributed by atoms with E-state index in [4.69, 9.17) is 10.9 Å². The fourth-order valence-electron chi connectivity index (χ4n) is 1.19. The van der Waals surface area contributed by atoms with Gasteiger partial charge in [-0.15, -0.1) is 11.3 Å². The zero-order chi connectivity index (χ0) is 11.4. The van der Waals surface area contributed by atoms with E-state index in [1.54, 1.807) is 23.1 Å². The summed E-state index contributed by atoms with van der Waals surface area (Å²) < 4.78 is 1.25. The smallest absolute Gasteiger partial charge is 0.170 e. The largest absolute Gasteiger partial charge is 0.409 e. The maximum atomic E-state index is 8.52. The van der Waals surface area contributed by atoms with E-state index in [0.717, 1.165) is 10.5 Å². The molecule has 0 amide bonds. The van der Waals surface area contributed by atoms with Gasteiger partial charge < -0.3 is 10.9 Å². The van der Waals surface area contributed by atoms with Gasteiger partial charge in [-0.25, -0.2) is 0 Å². The lowest BCUT2D eigenvalue weighted by Gasteiger charge is -2.01. The SMILES string of the molecule is N/C(=N\O)c1ccc(Sc2cccs2)cc1. The Kier molecular flexibility index (Phi) is 3.48. The molecule has 0 bridgehead atoms. The van der Waals surface area contributed by atoms with Crippen molar-refractivity contribution in [3.8, 4) is 0 Å². The van der Waals surface area contributed by atoms with Gasteiger partial charge in [0.15, 0.2) is 5.84 Å². The quantitative estimate of drug-likeness (QED) is 0.381. The van der Waals surface area contributed by atoms with E-state index in [0.29, 0.717) is 0 Å². The van der Waals surface area contributed by atoms with E-state index in [-0.39, 0.29) is 5.84 Å². The second-order valence-electron chi connectivity index (χ2n) is 3.04. The molecule has 0 fully saturated rings. The van der Waals surface area contributed by atoms with Gasteiger partial charge in [-0.05, 0) is 23.6 Å². The van der Waals surface area contributed by atoms with Crippen molar-refractivity contribution in [2.75, 3.05) is 0 Å². The highest BCUT2D eigenvalue weighted by atomic mass is 32.2. The normalized spacial score (nSPS) is 11.6. The molecule has 0 spiro atoms. The van der Waals surface area contributed by atoms with Gasteiger partial charge in [-0.3, -0.25) is 0 Å².